The lowest BCUT2D eigenvalue weighted by Crippen LogP contribution is -2.32. The van der Waals surface area contributed by atoms with Crippen molar-refractivity contribution in [1.82, 2.24) is 20.1 Å². The van der Waals surface area contributed by atoms with Gasteiger partial charge in [-0.2, -0.15) is 4.99 Å². The molecule has 5 rings (SSSR count). The summed E-state index contributed by atoms with van der Waals surface area (Å²) in [6, 6.07) is 18.8. The number of amides is 3. The summed E-state index contributed by atoms with van der Waals surface area (Å²) in [5, 5.41) is 7.70. The van der Waals surface area contributed by atoms with E-state index in [4.69, 9.17) is 0 Å². The number of aliphatic imine (C=N–C) groups is 1. The van der Waals surface area contributed by atoms with E-state index < -0.39 is 12.4 Å². The molecule has 1 atom stereocenters. The van der Waals surface area contributed by atoms with Crippen LogP contribution < -0.4 is 15.0 Å². The highest BCUT2D eigenvalue weighted by Gasteiger charge is 2.33. The van der Waals surface area contributed by atoms with Crippen molar-refractivity contribution in [3.63, 3.8) is 0 Å². The summed E-state index contributed by atoms with van der Waals surface area (Å²) in [5.74, 6) is 0.749. The zero-order valence-corrected chi connectivity index (χ0v) is 27.2. The number of carbonyl (C=O) groups excluding carboxylic acids is 2. The normalized spacial score (nSPS) is 15.0. The Morgan fingerprint density at radius 1 is 1.06 bits per heavy atom. The van der Waals surface area contributed by atoms with Crippen LogP contribution in [0.15, 0.2) is 78.0 Å². The zero-order valence-electron chi connectivity index (χ0n) is 26.4. The highest BCUT2D eigenvalue weighted by molar-refractivity contribution is 8.15. The van der Waals surface area contributed by atoms with Gasteiger partial charge in [0, 0.05) is 12.1 Å². The van der Waals surface area contributed by atoms with Gasteiger partial charge in [-0.3, -0.25) is 9.69 Å². The molecule has 1 saturated heterocycles. The highest BCUT2D eigenvalue weighted by Crippen LogP contribution is 2.34. The molecular formula is C34H35F3N6O3S. The van der Waals surface area contributed by atoms with Crippen LogP contribution in [0.25, 0.3) is 17.1 Å². The predicted octanol–water partition coefficient (Wildman–Crippen LogP) is 7.99. The maximum atomic E-state index is 12.8. The van der Waals surface area contributed by atoms with E-state index in [1.807, 2.05) is 49.4 Å². The summed E-state index contributed by atoms with van der Waals surface area (Å²) in [7, 11) is 0. The summed E-state index contributed by atoms with van der Waals surface area (Å²) in [4.78, 5) is 35.6. The molecule has 246 valence electrons. The van der Waals surface area contributed by atoms with Gasteiger partial charge in [-0.1, -0.05) is 68.9 Å². The maximum Gasteiger partial charge on any atom is 0.573 e. The molecule has 47 heavy (non-hydrogen) atoms. The number of rotatable bonds is 10. The van der Waals surface area contributed by atoms with Crippen LogP contribution in [0.3, 0.4) is 0 Å². The maximum absolute atomic E-state index is 12.8. The van der Waals surface area contributed by atoms with E-state index in [2.05, 4.69) is 45.9 Å². The monoisotopic (exact) mass is 664 g/mol. The SMILES string of the molecule is Cc1ccc(C(C)C)c(N2C(=O)CSC2=NC(=O)NCCCC(C)c2ccc(-c3ncn(-c4ccc(OC(F)(F)F)cc4)n3)cc2)c1. The third-order valence-corrected chi connectivity index (χ3v) is 8.59. The fourth-order valence-corrected chi connectivity index (χ4v) is 6.05. The number of carbonyl (C=O) groups is 2. The first kappa shape index (κ1) is 33.7. The molecule has 3 aromatic carbocycles. The van der Waals surface area contributed by atoms with E-state index in [-0.39, 0.29) is 29.2 Å². The van der Waals surface area contributed by atoms with E-state index in [1.165, 1.54) is 47.0 Å². The first-order valence-electron chi connectivity index (χ1n) is 15.2. The topological polar surface area (TPSA) is 102 Å². The predicted molar refractivity (Wildman–Crippen MR) is 177 cm³/mol. The lowest BCUT2D eigenvalue weighted by atomic mass is 9.95. The Morgan fingerprint density at radius 2 is 1.79 bits per heavy atom. The van der Waals surface area contributed by atoms with Gasteiger partial charge in [-0.15, -0.1) is 18.3 Å². The van der Waals surface area contributed by atoms with Crippen LogP contribution in [0.4, 0.5) is 23.7 Å². The van der Waals surface area contributed by atoms with Gasteiger partial charge in [0.25, 0.3) is 0 Å². The second-order valence-electron chi connectivity index (χ2n) is 11.6. The summed E-state index contributed by atoms with van der Waals surface area (Å²) in [6.45, 7) is 8.68. The van der Waals surface area contributed by atoms with Gasteiger partial charge < -0.3 is 10.1 Å². The van der Waals surface area contributed by atoms with E-state index in [0.717, 1.165) is 40.8 Å². The van der Waals surface area contributed by atoms with Crippen LogP contribution in [-0.2, 0) is 4.79 Å². The highest BCUT2D eigenvalue weighted by atomic mass is 32.2. The Labute approximate surface area is 275 Å². The molecule has 0 aliphatic carbocycles. The van der Waals surface area contributed by atoms with Gasteiger partial charge in [-0.05, 0) is 78.6 Å². The molecule has 1 aliphatic heterocycles. The number of anilines is 1. The number of hydrogen-bond donors (Lipinski definition) is 1. The second-order valence-corrected chi connectivity index (χ2v) is 12.5. The Morgan fingerprint density at radius 3 is 2.47 bits per heavy atom. The molecule has 1 unspecified atom stereocenters. The summed E-state index contributed by atoms with van der Waals surface area (Å²) < 4.78 is 42.7. The number of alkyl halides is 3. The molecular weight excluding hydrogens is 629 g/mol. The van der Waals surface area contributed by atoms with Crippen molar-refractivity contribution >= 4 is 34.6 Å². The molecule has 1 aliphatic rings. The molecule has 1 N–H and O–H groups in total. The molecule has 4 aromatic rings. The number of aromatic nitrogens is 3. The summed E-state index contributed by atoms with van der Waals surface area (Å²) >= 11 is 1.27. The summed E-state index contributed by atoms with van der Waals surface area (Å²) in [6.07, 6.45) is -1.68. The number of nitrogens with one attached hydrogen (secondary N) is 1. The fraction of sp³-hybridized carbons (Fsp3) is 0.324. The van der Waals surface area contributed by atoms with Crippen molar-refractivity contribution < 1.29 is 27.5 Å². The fourth-order valence-electron chi connectivity index (χ4n) is 5.19. The van der Waals surface area contributed by atoms with Crippen molar-refractivity contribution in [1.29, 1.82) is 0 Å². The smallest absolute Gasteiger partial charge is 0.406 e. The summed E-state index contributed by atoms with van der Waals surface area (Å²) in [5.41, 5.74) is 5.29. The minimum Gasteiger partial charge on any atom is -0.406 e. The molecule has 0 saturated carbocycles. The average molecular weight is 665 g/mol. The molecule has 1 fully saturated rings. The van der Waals surface area contributed by atoms with Gasteiger partial charge in [0.15, 0.2) is 11.0 Å². The number of aryl methyl sites for hydroxylation is 1. The third-order valence-electron chi connectivity index (χ3n) is 7.67. The van der Waals surface area contributed by atoms with Gasteiger partial charge in [-0.25, -0.2) is 14.5 Å². The Balaban J connectivity index is 1.12. The lowest BCUT2D eigenvalue weighted by Gasteiger charge is -2.22. The molecule has 1 aromatic heterocycles. The van der Waals surface area contributed by atoms with Crippen molar-refractivity contribution in [2.24, 2.45) is 4.99 Å². The Kier molecular flexibility index (Phi) is 10.3. The van der Waals surface area contributed by atoms with Gasteiger partial charge in [0.05, 0.1) is 17.1 Å². The van der Waals surface area contributed by atoms with E-state index in [9.17, 15) is 22.8 Å². The van der Waals surface area contributed by atoms with Crippen molar-refractivity contribution in [3.05, 3.63) is 89.7 Å². The molecule has 0 bridgehead atoms. The van der Waals surface area contributed by atoms with E-state index in [0.29, 0.717) is 23.2 Å². The minimum absolute atomic E-state index is 0.0915. The van der Waals surface area contributed by atoms with Crippen molar-refractivity contribution in [2.75, 3.05) is 17.2 Å². The molecule has 2 heterocycles. The van der Waals surface area contributed by atoms with Crippen LogP contribution in [0.2, 0.25) is 0 Å². The largest absolute Gasteiger partial charge is 0.573 e. The number of urea groups is 1. The Hall–Kier alpha value is -4.65. The number of ether oxygens (including phenoxy) is 1. The van der Waals surface area contributed by atoms with Crippen molar-refractivity contribution in [3.8, 4) is 22.8 Å². The van der Waals surface area contributed by atoms with Gasteiger partial charge >= 0.3 is 12.4 Å². The number of benzene rings is 3. The Bertz CT molecular complexity index is 1750. The first-order valence-corrected chi connectivity index (χ1v) is 16.2. The van der Waals surface area contributed by atoms with Crippen LogP contribution in [0.5, 0.6) is 5.75 Å². The molecule has 9 nitrogen and oxygen atoms in total. The quantitative estimate of drug-likeness (QED) is 0.173. The van der Waals surface area contributed by atoms with Crippen molar-refractivity contribution in [2.45, 2.75) is 58.7 Å². The molecule has 13 heteroatoms. The molecule has 0 spiro atoms. The lowest BCUT2D eigenvalue weighted by molar-refractivity contribution is -0.274. The van der Waals surface area contributed by atoms with Crippen LogP contribution in [0, 0.1) is 6.92 Å². The van der Waals surface area contributed by atoms with E-state index in [1.54, 1.807) is 4.90 Å². The second kappa shape index (κ2) is 14.4. The van der Waals surface area contributed by atoms with Crippen LogP contribution in [0.1, 0.15) is 62.1 Å². The number of nitrogens with zero attached hydrogens (tertiary/aromatic N) is 5. The molecule has 3 amide bonds. The first-order chi connectivity index (χ1) is 22.4. The van der Waals surface area contributed by atoms with E-state index >= 15 is 0 Å². The third kappa shape index (κ3) is 8.59. The number of thioether (sulfide) groups is 1. The standard InChI is InChI=1S/C34H35F3N6O3S/c1-21(2)28-16-7-22(3)18-29(28)43-30(44)19-47-33(43)40-32(45)38-17-5-6-23(4)24-8-10-25(11-9-24)31-39-20-42(41-31)26-12-14-27(15-13-26)46-34(35,36)37/h7-16,18,20-21,23H,5-6,17,19H2,1-4H3,(H,38,45). The van der Waals surface area contributed by atoms with Crippen LogP contribution in [-0.4, -0.2) is 50.5 Å². The number of amidine groups is 1. The average Bonchev–Trinajstić information content (AvgIpc) is 3.66. The van der Waals surface area contributed by atoms with Gasteiger partial charge in [0.1, 0.15) is 12.1 Å². The van der Waals surface area contributed by atoms with Gasteiger partial charge in [0.2, 0.25) is 5.91 Å². The van der Waals surface area contributed by atoms with Crippen LogP contribution >= 0.6 is 11.8 Å². The minimum atomic E-state index is -4.75. The number of hydrogen-bond acceptors (Lipinski definition) is 6. The zero-order chi connectivity index (χ0) is 33.7. The number of halogens is 3. The molecule has 0 radical (unpaired) electrons.